The number of rotatable bonds is 5. The largest absolute Gasteiger partial charge is 0.378 e. The Balaban J connectivity index is 1.61. The minimum Gasteiger partial charge on any atom is -0.378 e. The third-order valence-corrected chi connectivity index (χ3v) is 5.22. The molecule has 0 aromatic heterocycles. The van der Waals surface area contributed by atoms with Crippen LogP contribution in [-0.2, 0) is 11.3 Å². The third kappa shape index (κ3) is 5.09. The van der Waals surface area contributed by atoms with Gasteiger partial charge >= 0.3 is 0 Å². The van der Waals surface area contributed by atoms with Crippen molar-refractivity contribution >= 4 is 46.0 Å². The van der Waals surface area contributed by atoms with E-state index in [1.54, 1.807) is 0 Å². The lowest BCUT2D eigenvalue weighted by Crippen LogP contribution is -2.36. The van der Waals surface area contributed by atoms with Crippen molar-refractivity contribution in [1.82, 2.24) is 4.90 Å². The SMILES string of the molecule is CN(Cc1ccc(N2CCOCC2)cc1)C(=S)Nc1cc([N+](=O)[O-])ccc1Cl. The molecule has 9 heteroatoms. The van der Waals surface area contributed by atoms with Gasteiger partial charge in [-0.05, 0) is 36.0 Å². The predicted molar refractivity (Wildman–Crippen MR) is 115 cm³/mol. The van der Waals surface area contributed by atoms with Crippen molar-refractivity contribution in [3.63, 3.8) is 0 Å². The first kappa shape index (κ1) is 20.3. The molecule has 1 aliphatic rings. The van der Waals surface area contributed by atoms with Gasteiger partial charge in [-0.1, -0.05) is 23.7 Å². The van der Waals surface area contributed by atoms with Crippen LogP contribution in [0.25, 0.3) is 0 Å². The van der Waals surface area contributed by atoms with Crippen LogP contribution in [0.2, 0.25) is 5.02 Å². The van der Waals surface area contributed by atoms with Gasteiger partial charge in [0.1, 0.15) is 0 Å². The molecule has 2 aromatic carbocycles. The first-order valence-corrected chi connectivity index (χ1v) is 9.60. The minimum atomic E-state index is -0.468. The van der Waals surface area contributed by atoms with Crippen LogP contribution in [0, 0.1) is 10.1 Å². The summed E-state index contributed by atoms with van der Waals surface area (Å²) in [6.07, 6.45) is 0. The van der Waals surface area contributed by atoms with Crippen LogP contribution >= 0.6 is 23.8 Å². The van der Waals surface area contributed by atoms with Crippen LogP contribution in [0.1, 0.15) is 5.56 Å². The van der Waals surface area contributed by atoms with E-state index in [0.717, 1.165) is 31.9 Å². The fourth-order valence-corrected chi connectivity index (χ4v) is 3.25. The summed E-state index contributed by atoms with van der Waals surface area (Å²) in [5, 5.41) is 14.7. The number of nitrogens with zero attached hydrogens (tertiary/aromatic N) is 3. The van der Waals surface area contributed by atoms with Crippen molar-refractivity contribution < 1.29 is 9.66 Å². The summed E-state index contributed by atoms with van der Waals surface area (Å²) in [4.78, 5) is 14.6. The smallest absolute Gasteiger partial charge is 0.271 e. The normalized spacial score (nSPS) is 13.9. The zero-order chi connectivity index (χ0) is 20.1. The number of ether oxygens (including phenoxy) is 1. The van der Waals surface area contributed by atoms with Gasteiger partial charge in [-0.15, -0.1) is 0 Å². The highest BCUT2D eigenvalue weighted by molar-refractivity contribution is 7.80. The van der Waals surface area contributed by atoms with Gasteiger partial charge in [0.05, 0.1) is 28.8 Å². The van der Waals surface area contributed by atoms with Gasteiger partial charge in [-0.3, -0.25) is 10.1 Å². The van der Waals surface area contributed by atoms with E-state index in [2.05, 4.69) is 34.5 Å². The predicted octanol–water partition coefficient (Wildman–Crippen LogP) is 3.91. The summed E-state index contributed by atoms with van der Waals surface area (Å²) >= 11 is 11.5. The van der Waals surface area contributed by atoms with Crippen molar-refractivity contribution in [2.75, 3.05) is 43.6 Å². The van der Waals surface area contributed by atoms with Gasteiger partial charge in [-0.25, -0.2) is 0 Å². The summed E-state index contributed by atoms with van der Waals surface area (Å²) < 4.78 is 5.39. The van der Waals surface area contributed by atoms with Gasteiger partial charge < -0.3 is 19.9 Å². The molecular formula is C19H21ClN4O3S. The maximum absolute atomic E-state index is 10.9. The summed E-state index contributed by atoms with van der Waals surface area (Å²) in [6.45, 7) is 3.91. The number of hydrogen-bond donors (Lipinski definition) is 1. The number of nitro benzene ring substituents is 1. The van der Waals surface area contributed by atoms with E-state index in [4.69, 9.17) is 28.6 Å². The third-order valence-electron chi connectivity index (χ3n) is 4.48. The van der Waals surface area contributed by atoms with E-state index in [-0.39, 0.29) is 5.69 Å². The Morgan fingerprint density at radius 2 is 1.96 bits per heavy atom. The van der Waals surface area contributed by atoms with E-state index in [0.29, 0.717) is 22.4 Å². The van der Waals surface area contributed by atoms with Gasteiger partial charge in [0, 0.05) is 44.5 Å². The lowest BCUT2D eigenvalue weighted by atomic mass is 10.2. The summed E-state index contributed by atoms with van der Waals surface area (Å²) in [5.41, 5.74) is 2.65. The highest BCUT2D eigenvalue weighted by Crippen LogP contribution is 2.27. The van der Waals surface area contributed by atoms with E-state index in [9.17, 15) is 10.1 Å². The second-order valence-corrected chi connectivity index (χ2v) is 7.27. The number of non-ortho nitro benzene ring substituents is 1. The molecule has 0 aliphatic carbocycles. The van der Waals surface area contributed by atoms with Crippen molar-refractivity contribution in [3.05, 3.63) is 63.2 Å². The second kappa shape index (κ2) is 9.18. The Kier molecular flexibility index (Phi) is 6.66. The lowest BCUT2D eigenvalue weighted by molar-refractivity contribution is -0.384. The van der Waals surface area contributed by atoms with E-state index in [1.807, 2.05) is 11.9 Å². The average Bonchev–Trinajstić information content (AvgIpc) is 2.70. The zero-order valence-electron chi connectivity index (χ0n) is 15.4. The molecule has 3 rings (SSSR count). The number of nitrogens with one attached hydrogen (secondary N) is 1. The number of morpholine rings is 1. The van der Waals surface area contributed by atoms with E-state index < -0.39 is 4.92 Å². The molecule has 28 heavy (non-hydrogen) atoms. The second-order valence-electron chi connectivity index (χ2n) is 6.47. The molecule has 0 amide bonds. The minimum absolute atomic E-state index is 0.0453. The van der Waals surface area contributed by atoms with Crippen LogP contribution < -0.4 is 10.2 Å². The molecule has 7 nitrogen and oxygen atoms in total. The molecule has 148 valence electrons. The number of halogens is 1. The molecule has 0 bridgehead atoms. The quantitative estimate of drug-likeness (QED) is 0.446. The topological polar surface area (TPSA) is 70.9 Å². The Hall–Kier alpha value is -2.42. The van der Waals surface area contributed by atoms with Gasteiger partial charge in [0.15, 0.2) is 5.11 Å². The van der Waals surface area contributed by atoms with Crippen LogP contribution in [0.15, 0.2) is 42.5 Å². The monoisotopic (exact) mass is 420 g/mol. The maximum atomic E-state index is 10.9. The van der Waals surface area contributed by atoms with Crippen LogP contribution in [0.3, 0.4) is 0 Å². The first-order chi connectivity index (χ1) is 13.4. The molecule has 0 radical (unpaired) electrons. The molecule has 1 aliphatic heterocycles. The van der Waals surface area contributed by atoms with Crippen LogP contribution in [0.4, 0.5) is 17.1 Å². The number of anilines is 2. The Morgan fingerprint density at radius 1 is 1.29 bits per heavy atom. The van der Waals surface area contributed by atoms with Gasteiger partial charge in [-0.2, -0.15) is 0 Å². The zero-order valence-corrected chi connectivity index (χ0v) is 17.0. The number of thiocarbonyl (C=S) groups is 1. The van der Waals surface area contributed by atoms with Gasteiger partial charge in [0.25, 0.3) is 5.69 Å². The highest BCUT2D eigenvalue weighted by atomic mass is 35.5. The van der Waals surface area contributed by atoms with Crippen molar-refractivity contribution in [2.24, 2.45) is 0 Å². The Labute approximate surface area is 174 Å². The number of nitro groups is 1. The molecule has 1 N–H and O–H groups in total. The molecule has 0 spiro atoms. The Morgan fingerprint density at radius 3 is 2.61 bits per heavy atom. The summed E-state index contributed by atoms with van der Waals surface area (Å²) in [7, 11) is 1.86. The van der Waals surface area contributed by atoms with Crippen LogP contribution in [-0.4, -0.2) is 48.3 Å². The average molecular weight is 421 g/mol. The van der Waals surface area contributed by atoms with Crippen LogP contribution in [0.5, 0.6) is 0 Å². The summed E-state index contributed by atoms with van der Waals surface area (Å²) in [6, 6.07) is 12.6. The van der Waals surface area contributed by atoms with Crippen molar-refractivity contribution in [1.29, 1.82) is 0 Å². The fourth-order valence-electron chi connectivity index (χ4n) is 2.91. The van der Waals surface area contributed by atoms with Crippen molar-refractivity contribution in [2.45, 2.75) is 6.54 Å². The number of hydrogen-bond acceptors (Lipinski definition) is 5. The number of benzene rings is 2. The lowest BCUT2D eigenvalue weighted by Gasteiger charge is -2.29. The highest BCUT2D eigenvalue weighted by Gasteiger charge is 2.14. The standard InChI is InChI=1S/C19H21ClN4O3S/c1-22(19(28)21-18-12-16(24(25)26)6-7-17(18)20)13-14-2-4-15(5-3-14)23-8-10-27-11-9-23/h2-7,12H,8-11,13H2,1H3,(H,21,28). The molecule has 1 fully saturated rings. The Bertz CT molecular complexity index is 857. The molecule has 1 saturated heterocycles. The van der Waals surface area contributed by atoms with Gasteiger partial charge in [0.2, 0.25) is 0 Å². The molecule has 2 aromatic rings. The fraction of sp³-hybridized carbons (Fsp3) is 0.316. The first-order valence-electron chi connectivity index (χ1n) is 8.82. The van der Waals surface area contributed by atoms with Crippen molar-refractivity contribution in [3.8, 4) is 0 Å². The molecule has 0 saturated carbocycles. The molecule has 0 unspecified atom stereocenters. The molecule has 1 heterocycles. The summed E-state index contributed by atoms with van der Waals surface area (Å²) in [5.74, 6) is 0. The molecule has 0 atom stereocenters. The van der Waals surface area contributed by atoms with E-state index >= 15 is 0 Å². The maximum Gasteiger partial charge on any atom is 0.271 e. The molecular weight excluding hydrogens is 400 g/mol. The van der Waals surface area contributed by atoms with E-state index in [1.165, 1.54) is 23.9 Å².